The number of hydrogen-bond donors (Lipinski definition) is 1. The summed E-state index contributed by atoms with van der Waals surface area (Å²) in [6, 6.07) is 21.1. The van der Waals surface area contributed by atoms with Crippen molar-refractivity contribution in [3.63, 3.8) is 0 Å². The van der Waals surface area contributed by atoms with Crippen molar-refractivity contribution in [3.8, 4) is 17.0 Å². The molecule has 0 amide bonds. The van der Waals surface area contributed by atoms with Gasteiger partial charge in [-0.15, -0.1) is 0 Å². The molecule has 180 valence electrons. The second-order valence-corrected chi connectivity index (χ2v) is 9.28. The molecule has 8 heteroatoms. The fraction of sp³-hybridized carbons (Fsp3) is 0.185. The van der Waals surface area contributed by atoms with E-state index in [1.54, 1.807) is 0 Å². The maximum Gasteiger partial charge on any atom is 0.329 e. The number of aryl methyl sites for hydroxylation is 1. The van der Waals surface area contributed by atoms with E-state index in [0.29, 0.717) is 29.7 Å². The molecule has 1 heterocycles. The number of rotatable bonds is 10. The molecule has 0 atom stereocenters. The third-order valence-electron chi connectivity index (χ3n) is 5.26. The highest BCUT2D eigenvalue weighted by atomic mass is 79.9. The molecule has 0 aliphatic carbocycles. The number of oxazole rings is 1. The first-order chi connectivity index (χ1) is 16.9. The molecular weight excluding hydrogens is 534 g/mol. The van der Waals surface area contributed by atoms with Gasteiger partial charge in [-0.05, 0) is 72.1 Å². The minimum Gasteiger partial charge on any atom is -0.489 e. The van der Waals surface area contributed by atoms with Gasteiger partial charge < -0.3 is 19.0 Å². The molecular formula is C27H23BrClNO5. The highest BCUT2D eigenvalue weighted by molar-refractivity contribution is 9.10. The van der Waals surface area contributed by atoms with Crippen LogP contribution in [0.2, 0.25) is 5.02 Å². The van der Waals surface area contributed by atoms with Crippen LogP contribution in [0.15, 0.2) is 75.6 Å². The largest absolute Gasteiger partial charge is 0.489 e. The zero-order chi connectivity index (χ0) is 24.8. The summed E-state index contributed by atoms with van der Waals surface area (Å²) in [6.45, 7) is 2.06. The summed E-state index contributed by atoms with van der Waals surface area (Å²) >= 11 is 9.52. The maximum atomic E-state index is 10.7. The molecule has 0 fully saturated rings. The maximum absolute atomic E-state index is 10.7. The van der Waals surface area contributed by atoms with E-state index in [2.05, 4.69) is 20.9 Å². The first-order valence-corrected chi connectivity index (χ1v) is 12.1. The van der Waals surface area contributed by atoms with Gasteiger partial charge in [0.05, 0.1) is 6.61 Å². The van der Waals surface area contributed by atoms with Crippen molar-refractivity contribution in [1.82, 2.24) is 4.98 Å². The van der Waals surface area contributed by atoms with Crippen molar-refractivity contribution in [2.75, 3.05) is 6.61 Å². The van der Waals surface area contributed by atoms with Gasteiger partial charge in [-0.25, -0.2) is 9.78 Å². The second-order valence-electron chi connectivity index (χ2n) is 7.93. The first kappa shape index (κ1) is 25.0. The smallest absolute Gasteiger partial charge is 0.329 e. The molecule has 3 aromatic carbocycles. The lowest BCUT2D eigenvalue weighted by atomic mass is 10.1. The first-order valence-electron chi connectivity index (χ1n) is 10.9. The molecule has 0 saturated heterocycles. The van der Waals surface area contributed by atoms with Crippen molar-refractivity contribution in [1.29, 1.82) is 0 Å². The van der Waals surface area contributed by atoms with E-state index in [1.165, 1.54) is 0 Å². The lowest BCUT2D eigenvalue weighted by molar-refractivity contribution is -0.142. The monoisotopic (exact) mass is 555 g/mol. The molecule has 1 N–H and O–H groups in total. The molecule has 4 rings (SSSR count). The minimum absolute atomic E-state index is 0.187. The molecule has 6 nitrogen and oxygen atoms in total. The summed E-state index contributed by atoms with van der Waals surface area (Å²) in [6.07, 6.45) is 0.564. The molecule has 4 aromatic rings. The van der Waals surface area contributed by atoms with Crippen LogP contribution in [0.25, 0.3) is 11.3 Å². The van der Waals surface area contributed by atoms with Gasteiger partial charge in [0.2, 0.25) is 0 Å². The van der Waals surface area contributed by atoms with Crippen molar-refractivity contribution in [2.24, 2.45) is 0 Å². The van der Waals surface area contributed by atoms with Crippen LogP contribution in [0.1, 0.15) is 28.3 Å². The Morgan fingerprint density at radius 1 is 1.06 bits per heavy atom. The number of benzene rings is 3. The third-order valence-corrected chi connectivity index (χ3v) is 5.99. The second kappa shape index (κ2) is 11.5. The van der Waals surface area contributed by atoms with Crippen LogP contribution in [0.3, 0.4) is 0 Å². The molecule has 0 aliphatic heterocycles. The van der Waals surface area contributed by atoms with E-state index < -0.39 is 5.97 Å². The lowest BCUT2D eigenvalue weighted by Gasteiger charge is -2.12. The van der Waals surface area contributed by atoms with Crippen molar-refractivity contribution < 1.29 is 23.8 Å². The fourth-order valence-corrected chi connectivity index (χ4v) is 4.23. The highest BCUT2D eigenvalue weighted by Crippen LogP contribution is 2.27. The van der Waals surface area contributed by atoms with Gasteiger partial charge in [0, 0.05) is 21.5 Å². The Kier molecular flexibility index (Phi) is 8.23. The van der Waals surface area contributed by atoms with Gasteiger partial charge in [-0.1, -0.05) is 45.7 Å². The van der Waals surface area contributed by atoms with Crippen molar-refractivity contribution >= 4 is 33.5 Å². The fourth-order valence-electron chi connectivity index (χ4n) is 3.60. The van der Waals surface area contributed by atoms with E-state index in [-0.39, 0.29) is 13.2 Å². The zero-order valence-electron chi connectivity index (χ0n) is 19.0. The quantitative estimate of drug-likeness (QED) is 0.230. The number of carbonyl (C=O) groups is 1. The SMILES string of the molecule is Cc1oc(Cc2cccc(Cl)c2)nc1-c1ccc(OCc2ccc(Br)cc2COCC(=O)O)cc1. The summed E-state index contributed by atoms with van der Waals surface area (Å²) in [5, 5.41) is 9.48. The van der Waals surface area contributed by atoms with Gasteiger partial charge in [-0.3, -0.25) is 0 Å². The van der Waals surface area contributed by atoms with Crippen LogP contribution in [-0.4, -0.2) is 22.7 Å². The molecule has 0 radical (unpaired) electrons. The van der Waals surface area contributed by atoms with Crippen LogP contribution >= 0.6 is 27.5 Å². The van der Waals surface area contributed by atoms with E-state index in [9.17, 15) is 4.79 Å². The van der Waals surface area contributed by atoms with Gasteiger partial charge in [0.15, 0.2) is 5.89 Å². The molecule has 0 unspecified atom stereocenters. The number of halogens is 2. The van der Waals surface area contributed by atoms with Crippen LogP contribution in [-0.2, 0) is 29.2 Å². The Bertz CT molecular complexity index is 1320. The topological polar surface area (TPSA) is 81.8 Å². The van der Waals surface area contributed by atoms with E-state index in [0.717, 1.165) is 38.2 Å². The molecule has 0 saturated carbocycles. The highest BCUT2D eigenvalue weighted by Gasteiger charge is 2.13. The standard InChI is InChI=1S/C27H23BrClNO5/c1-17-27(30-25(35-17)12-18-3-2-4-23(29)11-18)19-6-9-24(10-7-19)34-15-20-5-8-22(28)13-21(20)14-33-16-26(31)32/h2-11,13H,12,14-16H2,1H3,(H,31,32). The molecule has 0 aliphatic rings. The number of hydrogen-bond acceptors (Lipinski definition) is 5. The number of aliphatic carboxylic acids is 1. The van der Waals surface area contributed by atoms with Gasteiger partial charge >= 0.3 is 5.97 Å². The Balaban J connectivity index is 1.41. The normalized spacial score (nSPS) is 10.9. The summed E-state index contributed by atoms with van der Waals surface area (Å²) in [5.41, 5.74) is 4.54. The molecule has 1 aromatic heterocycles. The van der Waals surface area contributed by atoms with Crippen molar-refractivity contribution in [2.45, 2.75) is 26.6 Å². The van der Waals surface area contributed by atoms with Crippen LogP contribution in [0, 0.1) is 6.92 Å². The average molecular weight is 557 g/mol. The number of ether oxygens (including phenoxy) is 2. The predicted octanol–water partition coefficient (Wildman–Crippen LogP) is 6.84. The molecule has 0 spiro atoms. The van der Waals surface area contributed by atoms with Crippen LogP contribution in [0.5, 0.6) is 5.75 Å². The van der Waals surface area contributed by atoms with Gasteiger partial charge in [0.1, 0.15) is 30.4 Å². The minimum atomic E-state index is -1.00. The Labute approximate surface area is 216 Å². The average Bonchev–Trinajstić information content (AvgIpc) is 3.18. The van der Waals surface area contributed by atoms with E-state index in [4.69, 9.17) is 30.6 Å². The molecule has 35 heavy (non-hydrogen) atoms. The predicted molar refractivity (Wildman–Crippen MR) is 137 cm³/mol. The lowest BCUT2D eigenvalue weighted by Crippen LogP contribution is -2.08. The summed E-state index contributed by atoms with van der Waals surface area (Å²) in [7, 11) is 0. The van der Waals surface area contributed by atoms with E-state index >= 15 is 0 Å². The van der Waals surface area contributed by atoms with Crippen LogP contribution < -0.4 is 4.74 Å². The number of carboxylic acids is 1. The Morgan fingerprint density at radius 3 is 2.60 bits per heavy atom. The van der Waals surface area contributed by atoms with Gasteiger partial charge in [-0.2, -0.15) is 0 Å². The van der Waals surface area contributed by atoms with E-state index in [1.807, 2.05) is 73.7 Å². The van der Waals surface area contributed by atoms with Gasteiger partial charge in [0.25, 0.3) is 0 Å². The Morgan fingerprint density at radius 2 is 1.86 bits per heavy atom. The Hall–Kier alpha value is -3.13. The summed E-state index contributed by atoms with van der Waals surface area (Å²) in [4.78, 5) is 15.4. The zero-order valence-corrected chi connectivity index (χ0v) is 21.3. The molecule has 0 bridgehead atoms. The number of carboxylic acid groups (broad SMARTS) is 1. The van der Waals surface area contributed by atoms with Crippen LogP contribution in [0.4, 0.5) is 0 Å². The summed E-state index contributed by atoms with van der Waals surface area (Å²) < 4.78 is 18.0. The summed E-state index contributed by atoms with van der Waals surface area (Å²) in [5.74, 6) is 1.08. The number of nitrogens with zero attached hydrogens (tertiary/aromatic N) is 1. The van der Waals surface area contributed by atoms with Crippen molar-refractivity contribution in [3.05, 3.63) is 105 Å². The third kappa shape index (κ3) is 6.94. The number of aromatic nitrogens is 1.